The van der Waals surface area contributed by atoms with Crippen LogP contribution in [0.15, 0.2) is 18.5 Å². The van der Waals surface area contributed by atoms with Crippen molar-refractivity contribution in [2.75, 3.05) is 57.3 Å². The summed E-state index contributed by atoms with van der Waals surface area (Å²) in [4.78, 5) is 48.8. The molecular weight excluding hydrogens is 352 g/mol. The Kier molecular flexibility index (Phi) is 7.93. The van der Waals surface area contributed by atoms with Crippen LogP contribution in [0.1, 0.15) is 13.8 Å². The first-order valence-electron chi connectivity index (χ1n) is 9.13. The molecule has 1 aromatic heterocycles. The first-order chi connectivity index (χ1) is 13.0. The average molecular weight is 379 g/mol. The van der Waals surface area contributed by atoms with Gasteiger partial charge in [-0.25, -0.2) is 14.8 Å². The molecule has 1 aliphatic heterocycles. The highest BCUT2D eigenvalue weighted by atomic mass is 16.5. The van der Waals surface area contributed by atoms with Gasteiger partial charge in [0.2, 0.25) is 5.95 Å². The van der Waals surface area contributed by atoms with Gasteiger partial charge in [-0.2, -0.15) is 0 Å². The van der Waals surface area contributed by atoms with Crippen molar-refractivity contribution in [3.8, 4) is 0 Å². The Morgan fingerprint density at radius 2 is 1.78 bits per heavy atom. The lowest BCUT2D eigenvalue weighted by Gasteiger charge is -2.35. The second kappa shape index (κ2) is 10.4. The molecule has 1 aliphatic rings. The van der Waals surface area contributed by atoms with Crippen LogP contribution in [0.3, 0.4) is 0 Å². The van der Waals surface area contributed by atoms with Crippen LogP contribution in [0.25, 0.3) is 0 Å². The van der Waals surface area contributed by atoms with E-state index >= 15 is 0 Å². The van der Waals surface area contributed by atoms with Crippen molar-refractivity contribution in [3.63, 3.8) is 0 Å². The van der Waals surface area contributed by atoms with Gasteiger partial charge < -0.3 is 19.4 Å². The molecule has 27 heavy (non-hydrogen) atoms. The molecule has 1 saturated heterocycles. The Bertz CT molecular complexity index is 634. The fourth-order valence-corrected chi connectivity index (χ4v) is 2.80. The molecule has 0 spiro atoms. The monoisotopic (exact) mass is 379 g/mol. The minimum absolute atomic E-state index is 0.00980. The number of carbonyl (C=O) groups excluding carboxylic acids is 3. The van der Waals surface area contributed by atoms with Gasteiger partial charge >= 0.3 is 6.09 Å². The number of rotatable bonds is 7. The summed E-state index contributed by atoms with van der Waals surface area (Å²) in [5.74, 6) is 0.203. The largest absolute Gasteiger partial charge is 0.450 e. The van der Waals surface area contributed by atoms with Gasteiger partial charge in [0.1, 0.15) is 0 Å². The number of carbonyl (C=O) groups is 3. The molecule has 0 aromatic carbocycles. The average Bonchev–Trinajstić information content (AvgIpc) is 2.68. The molecule has 10 heteroatoms. The summed E-state index contributed by atoms with van der Waals surface area (Å²) in [6.07, 6.45) is 2.64. The van der Waals surface area contributed by atoms with E-state index in [1.807, 2.05) is 11.8 Å². The van der Waals surface area contributed by atoms with E-state index in [-0.39, 0.29) is 25.6 Å². The van der Waals surface area contributed by atoms with Gasteiger partial charge in [-0.15, -0.1) is 0 Å². The summed E-state index contributed by atoms with van der Waals surface area (Å²) in [6.45, 7) is 7.10. The standard InChI is InChI=1S/C17H26N6O4/c1-3-21(12-14(24)20-17(26)27-4-2)13-15(25)22-8-10-23(11-9-22)16-18-6-5-7-19-16/h5-7H,3-4,8-13H2,1-2H3,(H,20,24,26)/p+1. The minimum atomic E-state index is -0.761. The van der Waals surface area contributed by atoms with Gasteiger partial charge in [-0.05, 0) is 19.9 Å². The summed E-state index contributed by atoms with van der Waals surface area (Å²) in [7, 11) is 0. The van der Waals surface area contributed by atoms with E-state index in [4.69, 9.17) is 0 Å². The number of piperazine rings is 1. The number of nitrogens with one attached hydrogen (secondary N) is 2. The quantitative estimate of drug-likeness (QED) is 0.581. The molecule has 2 rings (SSSR count). The van der Waals surface area contributed by atoms with Crippen molar-refractivity contribution in [3.05, 3.63) is 18.5 Å². The zero-order chi connectivity index (χ0) is 19.6. The maximum absolute atomic E-state index is 12.5. The number of hydrogen-bond donors (Lipinski definition) is 2. The van der Waals surface area contributed by atoms with Crippen LogP contribution >= 0.6 is 0 Å². The predicted octanol–water partition coefficient (Wildman–Crippen LogP) is -1.70. The summed E-state index contributed by atoms with van der Waals surface area (Å²) >= 11 is 0. The number of likely N-dealkylation sites (N-methyl/N-ethyl adjacent to an activating group) is 1. The van der Waals surface area contributed by atoms with Crippen LogP contribution in [-0.4, -0.2) is 85.2 Å². The SMILES string of the molecule is CCOC(=O)NC(=O)C[NH+](CC)CC(=O)N1CCN(c2ncccn2)CC1. The maximum Gasteiger partial charge on any atom is 0.414 e. The third-order valence-corrected chi connectivity index (χ3v) is 4.30. The molecule has 1 atom stereocenters. The Morgan fingerprint density at radius 1 is 1.11 bits per heavy atom. The van der Waals surface area contributed by atoms with Crippen LogP contribution in [0.5, 0.6) is 0 Å². The highest BCUT2D eigenvalue weighted by molar-refractivity contribution is 5.92. The maximum atomic E-state index is 12.5. The lowest BCUT2D eigenvalue weighted by atomic mass is 10.3. The first-order valence-corrected chi connectivity index (χ1v) is 9.13. The molecule has 2 N–H and O–H groups in total. The van der Waals surface area contributed by atoms with Crippen LogP contribution in [-0.2, 0) is 14.3 Å². The van der Waals surface area contributed by atoms with Gasteiger partial charge in [0.25, 0.3) is 11.8 Å². The molecular formula is C17H27N6O4+. The third kappa shape index (κ3) is 6.48. The van der Waals surface area contributed by atoms with Crippen molar-refractivity contribution in [1.29, 1.82) is 0 Å². The van der Waals surface area contributed by atoms with E-state index in [1.54, 1.807) is 30.3 Å². The number of alkyl carbamates (subject to hydrolysis) is 1. The van der Waals surface area contributed by atoms with E-state index in [1.165, 1.54) is 0 Å². The summed E-state index contributed by atoms with van der Waals surface area (Å²) in [6, 6.07) is 1.77. The van der Waals surface area contributed by atoms with E-state index in [0.717, 1.165) is 4.90 Å². The Hall–Kier alpha value is -2.75. The van der Waals surface area contributed by atoms with Crippen LogP contribution in [0.4, 0.5) is 10.7 Å². The first kappa shape index (κ1) is 20.6. The lowest BCUT2D eigenvalue weighted by molar-refractivity contribution is -0.882. The Balaban J connectivity index is 1.78. The summed E-state index contributed by atoms with van der Waals surface area (Å²) < 4.78 is 4.68. The van der Waals surface area contributed by atoms with Gasteiger partial charge in [0, 0.05) is 38.6 Å². The Labute approximate surface area is 158 Å². The fourth-order valence-electron chi connectivity index (χ4n) is 2.80. The fraction of sp³-hybridized carbons (Fsp3) is 0.588. The highest BCUT2D eigenvalue weighted by Gasteiger charge is 2.26. The molecule has 2 heterocycles. The minimum Gasteiger partial charge on any atom is -0.450 e. The van der Waals surface area contributed by atoms with E-state index in [0.29, 0.717) is 38.7 Å². The predicted molar refractivity (Wildman–Crippen MR) is 97.2 cm³/mol. The molecule has 0 saturated carbocycles. The van der Waals surface area contributed by atoms with E-state index in [2.05, 4.69) is 20.0 Å². The number of quaternary nitrogens is 1. The van der Waals surface area contributed by atoms with Crippen LogP contribution in [0, 0.1) is 0 Å². The topological polar surface area (TPSA) is 109 Å². The molecule has 148 valence electrons. The number of aromatic nitrogens is 2. The molecule has 1 fully saturated rings. The number of amides is 3. The number of ether oxygens (including phenoxy) is 1. The van der Waals surface area contributed by atoms with Crippen molar-refractivity contribution in [2.24, 2.45) is 0 Å². The summed E-state index contributed by atoms with van der Waals surface area (Å²) in [5.41, 5.74) is 0. The number of nitrogens with zero attached hydrogens (tertiary/aromatic N) is 4. The molecule has 0 aliphatic carbocycles. The zero-order valence-electron chi connectivity index (χ0n) is 15.8. The van der Waals surface area contributed by atoms with Gasteiger partial charge in [0.05, 0.1) is 13.2 Å². The van der Waals surface area contributed by atoms with Crippen LogP contribution in [0.2, 0.25) is 0 Å². The number of hydrogen-bond acceptors (Lipinski definition) is 7. The van der Waals surface area contributed by atoms with Crippen LogP contribution < -0.4 is 15.1 Å². The number of anilines is 1. The lowest BCUT2D eigenvalue weighted by Crippen LogP contribution is -3.14. The third-order valence-electron chi connectivity index (χ3n) is 4.30. The second-order valence-corrected chi connectivity index (χ2v) is 6.14. The molecule has 1 aromatic rings. The van der Waals surface area contributed by atoms with Gasteiger partial charge in [-0.3, -0.25) is 14.9 Å². The van der Waals surface area contributed by atoms with E-state index in [9.17, 15) is 14.4 Å². The molecule has 0 radical (unpaired) electrons. The van der Waals surface area contributed by atoms with Gasteiger partial charge in [0.15, 0.2) is 13.1 Å². The molecule has 0 bridgehead atoms. The second-order valence-electron chi connectivity index (χ2n) is 6.14. The molecule has 3 amide bonds. The number of imide groups is 1. The highest BCUT2D eigenvalue weighted by Crippen LogP contribution is 2.09. The van der Waals surface area contributed by atoms with Gasteiger partial charge in [-0.1, -0.05) is 0 Å². The zero-order valence-corrected chi connectivity index (χ0v) is 15.8. The molecule has 10 nitrogen and oxygen atoms in total. The molecule has 1 unspecified atom stereocenters. The van der Waals surface area contributed by atoms with Crippen molar-refractivity contribution >= 4 is 23.9 Å². The van der Waals surface area contributed by atoms with Crippen molar-refractivity contribution < 1.29 is 24.0 Å². The summed E-state index contributed by atoms with van der Waals surface area (Å²) in [5, 5.41) is 2.16. The normalized spacial score (nSPS) is 15.2. The van der Waals surface area contributed by atoms with Crippen molar-refractivity contribution in [2.45, 2.75) is 13.8 Å². The smallest absolute Gasteiger partial charge is 0.414 e. The van der Waals surface area contributed by atoms with E-state index < -0.39 is 12.0 Å². The van der Waals surface area contributed by atoms with Crippen molar-refractivity contribution in [1.82, 2.24) is 20.2 Å². The Morgan fingerprint density at radius 3 is 2.37 bits per heavy atom.